The van der Waals surface area contributed by atoms with Gasteiger partial charge in [-0.3, -0.25) is 9.78 Å². The highest BCUT2D eigenvalue weighted by Crippen LogP contribution is 1.96. The molecule has 0 bridgehead atoms. The highest BCUT2D eigenvalue weighted by atomic mass is 16.2. The smallest absolute Gasteiger partial charge is 0.238 e. The summed E-state index contributed by atoms with van der Waals surface area (Å²) in [4.78, 5) is 15.7. The van der Waals surface area contributed by atoms with Crippen LogP contribution in [-0.2, 0) is 11.3 Å². The topological polar surface area (TPSA) is 66.0 Å². The van der Waals surface area contributed by atoms with Crippen LogP contribution < -0.4 is 16.0 Å². The number of carbonyl (C=O) groups is 1. The Morgan fingerprint density at radius 2 is 2.25 bits per heavy atom. The molecule has 0 radical (unpaired) electrons. The van der Waals surface area contributed by atoms with E-state index in [-0.39, 0.29) is 11.9 Å². The van der Waals surface area contributed by atoms with Gasteiger partial charge in [-0.15, -0.1) is 0 Å². The van der Waals surface area contributed by atoms with Gasteiger partial charge in [0.1, 0.15) is 0 Å². The Labute approximate surface area is 94.6 Å². The van der Waals surface area contributed by atoms with E-state index in [1.807, 2.05) is 12.1 Å². The number of carbonyl (C=O) groups excluding carboxylic acids is 1. The molecular formula is C11H16N4O. The summed E-state index contributed by atoms with van der Waals surface area (Å²) in [6.07, 6.45) is 3.45. The molecule has 16 heavy (non-hydrogen) atoms. The van der Waals surface area contributed by atoms with Crippen LogP contribution in [-0.4, -0.2) is 36.6 Å². The second kappa shape index (κ2) is 5.58. The molecule has 1 saturated heterocycles. The number of hydrogen-bond acceptors (Lipinski definition) is 4. The maximum atomic E-state index is 11.7. The van der Waals surface area contributed by atoms with Crippen LogP contribution in [0.3, 0.4) is 0 Å². The summed E-state index contributed by atoms with van der Waals surface area (Å²) in [5.74, 6) is 0.0454. The van der Waals surface area contributed by atoms with Gasteiger partial charge in [0, 0.05) is 38.6 Å². The Morgan fingerprint density at radius 3 is 2.94 bits per heavy atom. The third-order valence-corrected chi connectivity index (χ3v) is 2.57. The molecule has 3 N–H and O–H groups in total. The Hall–Kier alpha value is -1.46. The molecule has 0 aliphatic carbocycles. The summed E-state index contributed by atoms with van der Waals surface area (Å²) in [6, 6.07) is 3.68. The van der Waals surface area contributed by atoms with E-state index in [1.165, 1.54) is 0 Å². The number of aromatic nitrogens is 1. The molecule has 0 spiro atoms. The van der Waals surface area contributed by atoms with Crippen molar-refractivity contribution in [2.24, 2.45) is 0 Å². The molecule has 1 unspecified atom stereocenters. The minimum atomic E-state index is -0.115. The van der Waals surface area contributed by atoms with Gasteiger partial charge in [0.15, 0.2) is 0 Å². The number of nitrogens with zero attached hydrogens (tertiary/aromatic N) is 1. The van der Waals surface area contributed by atoms with E-state index < -0.39 is 0 Å². The first-order valence-electron chi connectivity index (χ1n) is 5.47. The quantitative estimate of drug-likeness (QED) is 0.627. The molecule has 1 amide bonds. The van der Waals surface area contributed by atoms with Crippen LogP contribution in [0.5, 0.6) is 0 Å². The van der Waals surface area contributed by atoms with Gasteiger partial charge in [0.2, 0.25) is 5.91 Å². The van der Waals surface area contributed by atoms with Gasteiger partial charge in [-0.2, -0.15) is 0 Å². The number of amides is 1. The second-order valence-electron chi connectivity index (χ2n) is 3.78. The molecular weight excluding hydrogens is 204 g/mol. The fraction of sp³-hybridized carbons (Fsp3) is 0.455. The van der Waals surface area contributed by atoms with Crippen molar-refractivity contribution >= 4 is 5.91 Å². The monoisotopic (exact) mass is 220 g/mol. The van der Waals surface area contributed by atoms with Crippen LogP contribution in [0.1, 0.15) is 5.56 Å². The zero-order valence-corrected chi connectivity index (χ0v) is 9.07. The van der Waals surface area contributed by atoms with Crippen molar-refractivity contribution in [1.82, 2.24) is 20.9 Å². The van der Waals surface area contributed by atoms with Gasteiger partial charge in [0.05, 0.1) is 6.04 Å². The molecule has 2 heterocycles. The largest absolute Gasteiger partial charge is 0.351 e. The molecule has 1 aliphatic rings. The summed E-state index contributed by atoms with van der Waals surface area (Å²) in [7, 11) is 0. The number of pyridine rings is 1. The van der Waals surface area contributed by atoms with Crippen molar-refractivity contribution in [1.29, 1.82) is 0 Å². The maximum absolute atomic E-state index is 11.7. The van der Waals surface area contributed by atoms with Gasteiger partial charge in [-0.05, 0) is 17.7 Å². The predicted molar refractivity (Wildman–Crippen MR) is 60.7 cm³/mol. The number of hydrogen-bond donors (Lipinski definition) is 3. The van der Waals surface area contributed by atoms with Crippen LogP contribution in [0.2, 0.25) is 0 Å². The second-order valence-corrected chi connectivity index (χ2v) is 3.78. The summed E-state index contributed by atoms with van der Waals surface area (Å²) in [6.45, 7) is 3.02. The molecule has 1 aromatic heterocycles. The molecule has 1 atom stereocenters. The molecule has 2 rings (SSSR count). The minimum Gasteiger partial charge on any atom is -0.351 e. The van der Waals surface area contributed by atoms with Gasteiger partial charge in [0.25, 0.3) is 0 Å². The van der Waals surface area contributed by atoms with Crippen molar-refractivity contribution in [3.8, 4) is 0 Å². The lowest BCUT2D eigenvalue weighted by Crippen LogP contribution is -2.55. The maximum Gasteiger partial charge on any atom is 0.238 e. The molecule has 1 aliphatic heterocycles. The Morgan fingerprint density at radius 1 is 1.44 bits per heavy atom. The Balaban J connectivity index is 1.79. The molecule has 86 valence electrons. The average molecular weight is 220 g/mol. The number of nitrogens with one attached hydrogen (secondary N) is 3. The summed E-state index contributed by atoms with van der Waals surface area (Å²) < 4.78 is 0. The Kier molecular flexibility index (Phi) is 3.85. The van der Waals surface area contributed by atoms with Crippen molar-refractivity contribution in [2.45, 2.75) is 12.6 Å². The third-order valence-electron chi connectivity index (χ3n) is 2.57. The fourth-order valence-electron chi connectivity index (χ4n) is 1.65. The van der Waals surface area contributed by atoms with Crippen molar-refractivity contribution in [3.63, 3.8) is 0 Å². The van der Waals surface area contributed by atoms with Crippen LogP contribution >= 0.6 is 0 Å². The zero-order valence-electron chi connectivity index (χ0n) is 9.07. The van der Waals surface area contributed by atoms with Gasteiger partial charge in [-0.25, -0.2) is 0 Å². The highest BCUT2D eigenvalue weighted by molar-refractivity contribution is 5.82. The SMILES string of the molecule is O=C(NCc1ccncc1)C1CNCCN1. The highest BCUT2D eigenvalue weighted by Gasteiger charge is 2.19. The standard InChI is InChI=1S/C11H16N4O/c16-11(10-8-13-5-6-14-10)15-7-9-1-3-12-4-2-9/h1-4,10,13-14H,5-8H2,(H,15,16). The van der Waals surface area contributed by atoms with Crippen LogP contribution in [0.4, 0.5) is 0 Å². The summed E-state index contributed by atoms with van der Waals surface area (Å²) in [5.41, 5.74) is 1.06. The van der Waals surface area contributed by atoms with Crippen molar-refractivity contribution < 1.29 is 4.79 Å². The van der Waals surface area contributed by atoms with E-state index in [1.54, 1.807) is 12.4 Å². The first-order chi connectivity index (χ1) is 7.86. The van der Waals surface area contributed by atoms with Crippen molar-refractivity contribution in [3.05, 3.63) is 30.1 Å². The summed E-state index contributed by atoms with van der Waals surface area (Å²) >= 11 is 0. The Bertz CT molecular complexity index is 335. The first kappa shape index (κ1) is 11.0. The molecule has 5 nitrogen and oxygen atoms in total. The number of piperazine rings is 1. The minimum absolute atomic E-state index is 0.0454. The lowest BCUT2D eigenvalue weighted by molar-refractivity contribution is -0.123. The zero-order chi connectivity index (χ0) is 11.2. The predicted octanol–water partition coefficient (Wildman–Crippen LogP) is -0.741. The van der Waals surface area contributed by atoms with Crippen molar-refractivity contribution in [2.75, 3.05) is 19.6 Å². The van der Waals surface area contributed by atoms with E-state index in [2.05, 4.69) is 20.9 Å². The van der Waals surface area contributed by atoms with Crippen LogP contribution in [0.15, 0.2) is 24.5 Å². The van der Waals surface area contributed by atoms with E-state index in [0.29, 0.717) is 13.1 Å². The fourth-order valence-corrected chi connectivity index (χ4v) is 1.65. The first-order valence-corrected chi connectivity index (χ1v) is 5.47. The molecule has 1 fully saturated rings. The average Bonchev–Trinajstić information content (AvgIpc) is 2.38. The van der Waals surface area contributed by atoms with E-state index in [9.17, 15) is 4.79 Å². The van der Waals surface area contributed by atoms with Crippen LogP contribution in [0.25, 0.3) is 0 Å². The van der Waals surface area contributed by atoms with E-state index in [4.69, 9.17) is 0 Å². The third kappa shape index (κ3) is 3.01. The molecule has 0 saturated carbocycles. The summed E-state index contributed by atoms with van der Waals surface area (Å²) in [5, 5.41) is 9.25. The van der Waals surface area contributed by atoms with Gasteiger partial charge in [-0.1, -0.05) is 0 Å². The van der Waals surface area contributed by atoms with E-state index >= 15 is 0 Å². The number of rotatable bonds is 3. The normalized spacial score (nSPS) is 20.4. The van der Waals surface area contributed by atoms with Gasteiger partial charge < -0.3 is 16.0 Å². The van der Waals surface area contributed by atoms with E-state index in [0.717, 1.165) is 18.7 Å². The van der Waals surface area contributed by atoms with Crippen LogP contribution in [0, 0.1) is 0 Å². The van der Waals surface area contributed by atoms with Gasteiger partial charge >= 0.3 is 0 Å². The molecule has 0 aromatic carbocycles. The molecule has 5 heteroatoms. The molecule has 1 aromatic rings. The lowest BCUT2D eigenvalue weighted by atomic mass is 10.2. The lowest BCUT2D eigenvalue weighted by Gasteiger charge is -2.23.